The summed E-state index contributed by atoms with van der Waals surface area (Å²) in [7, 11) is 0. The minimum absolute atomic E-state index is 0.209. The Morgan fingerprint density at radius 1 is 1.14 bits per heavy atom. The molecule has 4 heteroatoms. The van der Waals surface area contributed by atoms with Gasteiger partial charge in [0, 0.05) is 0 Å². The van der Waals surface area contributed by atoms with Crippen molar-refractivity contribution in [2.75, 3.05) is 0 Å². The molecule has 1 aliphatic heterocycles. The molecular formula is C17H17BCl2O. The first-order valence-corrected chi connectivity index (χ1v) is 7.98. The lowest BCUT2D eigenvalue weighted by Gasteiger charge is -2.14. The van der Waals surface area contributed by atoms with Gasteiger partial charge in [0.15, 0.2) is 0 Å². The minimum atomic E-state index is 0.209. The van der Waals surface area contributed by atoms with E-state index in [1.807, 2.05) is 12.1 Å². The molecule has 0 radical (unpaired) electrons. The van der Waals surface area contributed by atoms with Gasteiger partial charge < -0.3 is 4.65 Å². The highest BCUT2D eigenvalue weighted by molar-refractivity contribution is 6.67. The zero-order valence-electron chi connectivity index (χ0n) is 12.2. The first-order valence-electron chi connectivity index (χ1n) is 7.23. The molecule has 0 N–H and O–H groups in total. The molecular weight excluding hydrogens is 302 g/mol. The van der Waals surface area contributed by atoms with Crippen LogP contribution in [-0.2, 0) is 17.7 Å². The third kappa shape index (κ3) is 3.13. The van der Waals surface area contributed by atoms with Gasteiger partial charge in [-0.1, -0.05) is 61.2 Å². The van der Waals surface area contributed by atoms with Gasteiger partial charge in [-0.25, -0.2) is 0 Å². The maximum Gasteiger partial charge on any atom is 0.324 e. The van der Waals surface area contributed by atoms with Crippen molar-refractivity contribution in [3.63, 3.8) is 0 Å². The molecule has 21 heavy (non-hydrogen) atoms. The second-order valence-electron chi connectivity index (χ2n) is 5.77. The quantitative estimate of drug-likeness (QED) is 0.745. The van der Waals surface area contributed by atoms with E-state index in [-0.39, 0.29) is 6.92 Å². The van der Waals surface area contributed by atoms with Crippen LogP contribution in [-0.4, -0.2) is 6.92 Å². The lowest BCUT2D eigenvalue weighted by Crippen LogP contribution is -2.24. The number of halogens is 2. The highest BCUT2D eigenvalue weighted by Gasteiger charge is 2.23. The Hall–Kier alpha value is -0.955. The highest BCUT2D eigenvalue weighted by Crippen LogP contribution is 2.28. The second-order valence-corrected chi connectivity index (χ2v) is 6.58. The summed E-state index contributed by atoms with van der Waals surface area (Å²) in [6.45, 7) is 5.27. The Balaban J connectivity index is 1.80. The van der Waals surface area contributed by atoms with Gasteiger partial charge in [-0.15, -0.1) is 0 Å². The molecule has 1 unspecified atom stereocenters. The zero-order valence-corrected chi connectivity index (χ0v) is 13.7. The van der Waals surface area contributed by atoms with Gasteiger partial charge in [-0.3, -0.25) is 0 Å². The first kappa shape index (κ1) is 15.0. The first-order chi connectivity index (χ1) is 10.0. The summed E-state index contributed by atoms with van der Waals surface area (Å²) in [6, 6.07) is 12.6. The third-order valence-electron chi connectivity index (χ3n) is 4.19. The van der Waals surface area contributed by atoms with E-state index in [2.05, 4.69) is 38.0 Å². The van der Waals surface area contributed by atoms with Crippen LogP contribution in [0.5, 0.6) is 0 Å². The Morgan fingerprint density at radius 3 is 2.71 bits per heavy atom. The van der Waals surface area contributed by atoms with Gasteiger partial charge in [0.05, 0.1) is 16.7 Å². The van der Waals surface area contributed by atoms with Crippen LogP contribution in [0.2, 0.25) is 16.9 Å². The summed E-state index contributed by atoms with van der Waals surface area (Å²) >= 11 is 12.1. The highest BCUT2D eigenvalue weighted by atomic mass is 35.5. The third-order valence-corrected chi connectivity index (χ3v) is 4.93. The largest absolute Gasteiger partial charge is 0.427 e. The van der Waals surface area contributed by atoms with Crippen LogP contribution in [0.25, 0.3) is 0 Å². The summed E-state index contributed by atoms with van der Waals surface area (Å²) in [4.78, 5) is 0. The summed E-state index contributed by atoms with van der Waals surface area (Å²) in [5.74, 6) is 0.399. The average Bonchev–Trinajstić information content (AvgIpc) is 2.83. The van der Waals surface area contributed by atoms with Gasteiger partial charge in [0.1, 0.15) is 0 Å². The number of hydrogen-bond acceptors (Lipinski definition) is 1. The topological polar surface area (TPSA) is 9.23 Å². The summed E-state index contributed by atoms with van der Waals surface area (Å²) in [5, 5.41) is 1.23. The van der Waals surface area contributed by atoms with E-state index < -0.39 is 0 Å². The fraction of sp³-hybridized carbons (Fsp3) is 0.294. The molecule has 0 aromatic heterocycles. The van der Waals surface area contributed by atoms with Crippen molar-refractivity contribution in [1.29, 1.82) is 0 Å². The second kappa shape index (κ2) is 6.04. The summed E-state index contributed by atoms with van der Waals surface area (Å²) in [6.07, 6.45) is 0.984. The van der Waals surface area contributed by atoms with Crippen molar-refractivity contribution >= 4 is 35.6 Å². The molecule has 0 saturated carbocycles. The molecule has 2 aromatic carbocycles. The van der Waals surface area contributed by atoms with Crippen LogP contribution in [0, 0.1) is 0 Å². The Bertz CT molecular complexity index is 672. The maximum atomic E-state index is 6.11. The SMILES string of the molecule is CB1OCc2ccc(CC(C)c3ccc(Cl)c(Cl)c3)cc21. The Kier molecular flexibility index (Phi) is 4.30. The molecule has 0 bridgehead atoms. The van der Waals surface area contributed by atoms with Gasteiger partial charge in [0.25, 0.3) is 0 Å². The van der Waals surface area contributed by atoms with E-state index in [0.717, 1.165) is 13.0 Å². The molecule has 0 spiro atoms. The molecule has 2 aromatic rings. The lowest BCUT2D eigenvalue weighted by atomic mass is 9.64. The summed E-state index contributed by atoms with van der Waals surface area (Å²) in [5.41, 5.74) is 5.20. The van der Waals surface area contributed by atoms with Crippen molar-refractivity contribution in [2.45, 2.75) is 32.7 Å². The number of rotatable bonds is 3. The number of benzene rings is 2. The van der Waals surface area contributed by atoms with Crippen LogP contribution in [0.15, 0.2) is 36.4 Å². The van der Waals surface area contributed by atoms with Crippen LogP contribution in [0.3, 0.4) is 0 Å². The van der Waals surface area contributed by atoms with E-state index in [0.29, 0.717) is 16.0 Å². The van der Waals surface area contributed by atoms with Gasteiger partial charge in [-0.2, -0.15) is 0 Å². The van der Waals surface area contributed by atoms with Crippen molar-refractivity contribution in [2.24, 2.45) is 0 Å². The molecule has 1 nitrogen and oxygen atoms in total. The molecule has 3 rings (SSSR count). The monoisotopic (exact) mass is 318 g/mol. The van der Waals surface area contributed by atoms with E-state index in [9.17, 15) is 0 Å². The standard InChI is InChI=1S/C17H17BCl2O/c1-11(13-5-6-16(19)17(20)9-13)7-12-3-4-14-10-21-18(2)15(14)8-12/h3-6,8-9,11H,7,10H2,1-2H3. The van der Waals surface area contributed by atoms with Gasteiger partial charge in [0.2, 0.25) is 0 Å². The maximum absolute atomic E-state index is 6.11. The van der Waals surface area contributed by atoms with Crippen molar-refractivity contribution in [3.8, 4) is 0 Å². The normalized spacial score (nSPS) is 15.1. The number of hydrogen-bond donors (Lipinski definition) is 0. The molecule has 0 aliphatic carbocycles. The number of fused-ring (bicyclic) bond motifs is 1. The molecule has 1 atom stereocenters. The molecule has 0 fully saturated rings. The average molecular weight is 319 g/mol. The predicted octanol–water partition coefficient (Wildman–Crippen LogP) is 4.70. The fourth-order valence-electron chi connectivity index (χ4n) is 2.88. The molecule has 0 amide bonds. The van der Waals surface area contributed by atoms with E-state index >= 15 is 0 Å². The van der Waals surface area contributed by atoms with Crippen LogP contribution >= 0.6 is 23.2 Å². The van der Waals surface area contributed by atoms with Crippen LogP contribution in [0.4, 0.5) is 0 Å². The lowest BCUT2D eigenvalue weighted by molar-refractivity contribution is 0.333. The minimum Gasteiger partial charge on any atom is -0.427 e. The van der Waals surface area contributed by atoms with Gasteiger partial charge >= 0.3 is 6.92 Å². The summed E-state index contributed by atoms with van der Waals surface area (Å²) < 4.78 is 5.66. The Labute approximate surface area is 136 Å². The van der Waals surface area contributed by atoms with Crippen LogP contribution in [0.1, 0.15) is 29.5 Å². The molecule has 1 aliphatic rings. The fourth-order valence-corrected chi connectivity index (χ4v) is 3.18. The van der Waals surface area contributed by atoms with Crippen molar-refractivity contribution in [3.05, 3.63) is 63.1 Å². The van der Waals surface area contributed by atoms with Crippen molar-refractivity contribution < 1.29 is 4.65 Å². The Morgan fingerprint density at radius 2 is 1.95 bits per heavy atom. The predicted molar refractivity (Wildman–Crippen MR) is 91.1 cm³/mol. The molecule has 0 saturated heterocycles. The van der Waals surface area contributed by atoms with E-state index in [1.165, 1.54) is 22.2 Å². The molecule has 108 valence electrons. The smallest absolute Gasteiger partial charge is 0.324 e. The van der Waals surface area contributed by atoms with Crippen LogP contribution < -0.4 is 5.46 Å². The van der Waals surface area contributed by atoms with E-state index in [4.69, 9.17) is 27.9 Å². The molecule has 1 heterocycles. The van der Waals surface area contributed by atoms with Gasteiger partial charge in [-0.05, 0) is 46.6 Å². The van der Waals surface area contributed by atoms with E-state index in [1.54, 1.807) is 0 Å². The zero-order chi connectivity index (χ0) is 15.0. The van der Waals surface area contributed by atoms with Crippen molar-refractivity contribution in [1.82, 2.24) is 0 Å².